The second-order valence-corrected chi connectivity index (χ2v) is 10.2. The Morgan fingerprint density at radius 3 is 2.65 bits per heavy atom. The van der Waals surface area contributed by atoms with Crippen molar-refractivity contribution in [1.82, 2.24) is 10.6 Å². The second kappa shape index (κ2) is 15.6. The Hall–Kier alpha value is -2.56. The molecule has 1 aromatic rings. The smallest absolute Gasteiger partial charge is 0.302 e. The molecular weight excluding hydrogens is 476 g/mol. The summed E-state index contributed by atoms with van der Waals surface area (Å²) in [5, 5.41) is 37.1. The van der Waals surface area contributed by atoms with Crippen molar-refractivity contribution in [3.63, 3.8) is 0 Å². The fourth-order valence-corrected chi connectivity index (χ4v) is 5.15. The molecule has 10 heteroatoms. The number of nitrogens with two attached hydrogens (primary N) is 1. The van der Waals surface area contributed by atoms with Gasteiger partial charge in [-0.15, -0.1) is 0 Å². The number of aliphatic imine (C=N–C) groups is 1. The Morgan fingerprint density at radius 2 is 2.00 bits per heavy atom. The van der Waals surface area contributed by atoms with Gasteiger partial charge >= 0.3 is 5.97 Å². The molecule has 37 heavy (non-hydrogen) atoms. The van der Waals surface area contributed by atoms with Gasteiger partial charge in [0.15, 0.2) is 17.5 Å². The topological polar surface area (TPSA) is 159 Å². The molecule has 1 aliphatic carbocycles. The average molecular weight is 523 g/mol. The number of aliphatic hydroxyl groups is 2. The standard InChI is InChI=1S/C27H46N4O6/c1-17(32)14-30-15-21-8-7-20(12-22(21)16-31-27(28)29-3)25(35)13-23(37-18(2)33)9-5-19-6-10-24(34)26(11-19)36-4/h6,10-11,17,20-23,25,30,32,34-35H,5,7-9,12-16H2,1-4H3,(H3,28,29,31)/t17-,20+,21+,22-,23+,25+/m0/s1. The van der Waals surface area contributed by atoms with E-state index in [0.717, 1.165) is 31.4 Å². The highest BCUT2D eigenvalue weighted by Crippen LogP contribution is 2.37. The molecule has 1 aromatic carbocycles. The van der Waals surface area contributed by atoms with Crippen molar-refractivity contribution in [3.05, 3.63) is 23.8 Å². The minimum absolute atomic E-state index is 0.0749. The van der Waals surface area contributed by atoms with Gasteiger partial charge in [-0.2, -0.15) is 0 Å². The van der Waals surface area contributed by atoms with E-state index in [1.807, 2.05) is 6.07 Å². The number of nitrogens with one attached hydrogen (secondary N) is 2. The van der Waals surface area contributed by atoms with Crippen LogP contribution in [0, 0.1) is 17.8 Å². The molecule has 1 aliphatic rings. The van der Waals surface area contributed by atoms with E-state index in [2.05, 4.69) is 15.6 Å². The van der Waals surface area contributed by atoms with E-state index >= 15 is 0 Å². The van der Waals surface area contributed by atoms with E-state index in [0.29, 0.717) is 50.0 Å². The normalized spacial score (nSPS) is 22.6. The molecule has 0 spiro atoms. The molecule has 0 aliphatic heterocycles. The summed E-state index contributed by atoms with van der Waals surface area (Å²) in [7, 11) is 3.14. The number of aryl methyl sites for hydroxylation is 1. The van der Waals surface area contributed by atoms with Crippen LogP contribution in [0.5, 0.6) is 11.5 Å². The maximum absolute atomic E-state index is 11.8. The molecule has 7 N–H and O–H groups in total. The number of carbonyl (C=O) groups is 1. The third-order valence-corrected chi connectivity index (χ3v) is 7.19. The Labute approximate surface area is 220 Å². The van der Waals surface area contributed by atoms with Crippen molar-refractivity contribution in [2.24, 2.45) is 28.5 Å². The van der Waals surface area contributed by atoms with Crippen LogP contribution >= 0.6 is 0 Å². The Kier molecular flexibility index (Phi) is 13.0. The maximum Gasteiger partial charge on any atom is 0.302 e. The molecule has 10 nitrogen and oxygen atoms in total. The zero-order valence-corrected chi connectivity index (χ0v) is 22.7. The van der Waals surface area contributed by atoms with Crippen LogP contribution in [0.25, 0.3) is 0 Å². The number of aromatic hydroxyl groups is 1. The number of esters is 1. The summed E-state index contributed by atoms with van der Waals surface area (Å²) in [5.74, 6) is 1.22. The van der Waals surface area contributed by atoms with E-state index in [1.165, 1.54) is 14.0 Å². The predicted octanol–water partition coefficient (Wildman–Crippen LogP) is 1.55. The minimum Gasteiger partial charge on any atom is -0.504 e. The van der Waals surface area contributed by atoms with Gasteiger partial charge in [-0.3, -0.25) is 9.79 Å². The minimum atomic E-state index is -0.607. The summed E-state index contributed by atoms with van der Waals surface area (Å²) in [4.78, 5) is 15.8. The first-order valence-electron chi connectivity index (χ1n) is 13.2. The summed E-state index contributed by atoms with van der Waals surface area (Å²) in [5.41, 5.74) is 6.81. The van der Waals surface area contributed by atoms with Crippen LogP contribution in [-0.4, -0.2) is 79.4 Å². The Morgan fingerprint density at radius 1 is 1.24 bits per heavy atom. The number of hydrogen-bond acceptors (Lipinski definition) is 8. The molecule has 0 amide bonds. The molecule has 0 saturated heterocycles. The quantitative estimate of drug-likeness (QED) is 0.121. The highest BCUT2D eigenvalue weighted by atomic mass is 16.5. The molecule has 0 bridgehead atoms. The van der Waals surface area contributed by atoms with Crippen LogP contribution in [0.2, 0.25) is 0 Å². The zero-order chi connectivity index (χ0) is 27.4. The van der Waals surface area contributed by atoms with Gasteiger partial charge < -0.3 is 41.2 Å². The molecule has 0 heterocycles. The van der Waals surface area contributed by atoms with Crippen LogP contribution in [-0.2, 0) is 16.0 Å². The number of aliphatic hydroxyl groups excluding tert-OH is 2. The van der Waals surface area contributed by atoms with E-state index < -0.39 is 18.3 Å². The number of ether oxygens (including phenoxy) is 2. The van der Waals surface area contributed by atoms with Crippen LogP contribution in [0.1, 0.15) is 51.5 Å². The van der Waals surface area contributed by atoms with E-state index in [9.17, 15) is 20.1 Å². The predicted molar refractivity (Wildman–Crippen MR) is 144 cm³/mol. The third-order valence-electron chi connectivity index (χ3n) is 7.19. The van der Waals surface area contributed by atoms with Crippen molar-refractivity contribution in [2.75, 3.05) is 33.8 Å². The number of guanidine groups is 1. The maximum atomic E-state index is 11.8. The number of rotatable bonds is 14. The van der Waals surface area contributed by atoms with E-state index in [4.69, 9.17) is 15.2 Å². The largest absolute Gasteiger partial charge is 0.504 e. The number of hydrogen-bond donors (Lipinski definition) is 6. The highest BCUT2D eigenvalue weighted by Gasteiger charge is 2.35. The lowest BCUT2D eigenvalue weighted by Gasteiger charge is -2.39. The van der Waals surface area contributed by atoms with Crippen LogP contribution in [0.3, 0.4) is 0 Å². The summed E-state index contributed by atoms with van der Waals surface area (Å²) in [6.07, 6.45) is 2.73. The lowest BCUT2D eigenvalue weighted by Crippen LogP contribution is -2.44. The van der Waals surface area contributed by atoms with Gasteiger partial charge in [0.05, 0.1) is 19.3 Å². The summed E-state index contributed by atoms with van der Waals surface area (Å²) >= 11 is 0. The van der Waals surface area contributed by atoms with Crippen LogP contribution in [0.4, 0.5) is 0 Å². The number of benzene rings is 1. The summed E-state index contributed by atoms with van der Waals surface area (Å²) < 4.78 is 10.8. The van der Waals surface area contributed by atoms with Gasteiger partial charge in [-0.25, -0.2) is 0 Å². The second-order valence-electron chi connectivity index (χ2n) is 10.2. The molecule has 210 valence electrons. The van der Waals surface area contributed by atoms with Crippen molar-refractivity contribution in [3.8, 4) is 11.5 Å². The molecule has 1 fully saturated rings. The third kappa shape index (κ3) is 10.8. The summed E-state index contributed by atoms with van der Waals surface area (Å²) in [6.45, 7) is 5.13. The van der Waals surface area contributed by atoms with Crippen molar-refractivity contribution < 1.29 is 29.6 Å². The van der Waals surface area contributed by atoms with Crippen LogP contribution < -0.4 is 21.1 Å². The van der Waals surface area contributed by atoms with Gasteiger partial charge in [0.2, 0.25) is 0 Å². The summed E-state index contributed by atoms with van der Waals surface area (Å²) in [6, 6.07) is 5.17. The Bertz CT molecular complexity index is 865. The van der Waals surface area contributed by atoms with Gasteiger partial charge in [-0.1, -0.05) is 6.07 Å². The average Bonchev–Trinajstić information content (AvgIpc) is 2.86. The lowest BCUT2D eigenvalue weighted by atomic mass is 9.71. The first-order chi connectivity index (χ1) is 17.6. The number of phenols is 1. The lowest BCUT2D eigenvalue weighted by molar-refractivity contribution is -0.148. The molecule has 1 saturated carbocycles. The molecule has 2 rings (SSSR count). The van der Waals surface area contributed by atoms with E-state index in [1.54, 1.807) is 26.1 Å². The molecular formula is C27H46N4O6. The van der Waals surface area contributed by atoms with Crippen molar-refractivity contribution in [2.45, 2.75) is 70.7 Å². The highest BCUT2D eigenvalue weighted by molar-refractivity contribution is 5.77. The number of carbonyl (C=O) groups excluding carboxylic acids is 1. The van der Waals surface area contributed by atoms with E-state index in [-0.39, 0.29) is 23.6 Å². The first-order valence-corrected chi connectivity index (χ1v) is 13.2. The monoisotopic (exact) mass is 522 g/mol. The zero-order valence-electron chi connectivity index (χ0n) is 22.7. The SMILES string of the molecule is CN=C(N)NC[C@@H]1C[C@H]([C@H](O)C[C@@H](CCc2ccc(O)c(OC)c2)OC(C)=O)CC[C@@H]1CNC[C@H](C)O. The van der Waals surface area contributed by atoms with Gasteiger partial charge in [0.25, 0.3) is 0 Å². The van der Waals surface area contributed by atoms with Gasteiger partial charge in [0.1, 0.15) is 6.10 Å². The van der Waals surface area contributed by atoms with Crippen molar-refractivity contribution >= 4 is 11.9 Å². The van der Waals surface area contributed by atoms with Crippen molar-refractivity contribution in [1.29, 1.82) is 0 Å². The fraction of sp³-hybridized carbons (Fsp3) is 0.704. The first kappa shape index (κ1) is 30.7. The number of methoxy groups -OCH3 is 1. The van der Waals surface area contributed by atoms with Crippen LogP contribution in [0.15, 0.2) is 23.2 Å². The number of nitrogens with zero attached hydrogens (tertiary/aromatic N) is 1. The molecule has 0 aromatic heterocycles. The molecule has 0 radical (unpaired) electrons. The Balaban J connectivity index is 2.00. The van der Waals surface area contributed by atoms with Gasteiger partial charge in [0, 0.05) is 33.5 Å². The number of phenolic OH excluding ortho intramolecular Hbond substituents is 1. The van der Waals surface area contributed by atoms with Gasteiger partial charge in [-0.05, 0) is 81.0 Å². The molecule has 6 atom stereocenters. The molecule has 0 unspecified atom stereocenters. The fourth-order valence-electron chi connectivity index (χ4n) is 5.15.